The Kier molecular flexibility index (Phi) is 3.55. The van der Waals surface area contributed by atoms with E-state index in [1.165, 1.54) is 6.33 Å². The van der Waals surface area contributed by atoms with Gasteiger partial charge in [0.25, 0.3) is 0 Å². The number of rotatable bonds is 5. The van der Waals surface area contributed by atoms with E-state index in [1.807, 2.05) is 6.07 Å². The highest BCUT2D eigenvalue weighted by atomic mass is 16.6. The van der Waals surface area contributed by atoms with E-state index in [0.29, 0.717) is 6.54 Å². The van der Waals surface area contributed by atoms with E-state index in [9.17, 15) is 10.1 Å². The molecule has 2 aromatic rings. The van der Waals surface area contributed by atoms with Crippen LogP contribution in [0.2, 0.25) is 0 Å². The summed E-state index contributed by atoms with van der Waals surface area (Å²) >= 11 is 0. The summed E-state index contributed by atoms with van der Waals surface area (Å²) in [6.45, 7) is 0.386. The Balaban J connectivity index is 2.25. The molecule has 0 saturated heterocycles. The van der Waals surface area contributed by atoms with Crippen molar-refractivity contribution in [2.75, 3.05) is 17.7 Å². The van der Waals surface area contributed by atoms with Gasteiger partial charge in [-0.1, -0.05) is 0 Å². The Morgan fingerprint density at radius 2 is 2.16 bits per heavy atom. The number of nitrogens with zero attached hydrogens (tertiary/aromatic N) is 5. The van der Waals surface area contributed by atoms with Gasteiger partial charge in [0.2, 0.25) is 11.6 Å². The lowest BCUT2D eigenvalue weighted by molar-refractivity contribution is -0.383. The van der Waals surface area contributed by atoms with Crippen LogP contribution in [0, 0.1) is 10.1 Å². The third-order valence-electron chi connectivity index (χ3n) is 2.60. The molecule has 0 bridgehead atoms. The zero-order valence-electron chi connectivity index (χ0n) is 10.5. The van der Waals surface area contributed by atoms with Crippen LogP contribution >= 0.6 is 0 Å². The molecule has 0 spiro atoms. The Bertz CT molecular complexity index is 595. The van der Waals surface area contributed by atoms with Crippen molar-refractivity contribution in [3.05, 3.63) is 34.4 Å². The number of nitro groups is 1. The molecule has 0 fully saturated rings. The minimum atomic E-state index is -0.516. The van der Waals surface area contributed by atoms with Gasteiger partial charge in [-0.3, -0.25) is 14.8 Å². The van der Waals surface area contributed by atoms with Crippen molar-refractivity contribution in [1.29, 1.82) is 0 Å². The van der Waals surface area contributed by atoms with Crippen LogP contribution in [-0.4, -0.2) is 31.7 Å². The predicted octanol–water partition coefficient (Wildman–Crippen LogP) is 0.772. The molecule has 9 nitrogen and oxygen atoms in total. The molecule has 0 amide bonds. The second kappa shape index (κ2) is 5.29. The maximum absolute atomic E-state index is 11.1. The number of aryl methyl sites for hydroxylation is 1. The zero-order chi connectivity index (χ0) is 13.8. The van der Waals surface area contributed by atoms with Gasteiger partial charge >= 0.3 is 5.69 Å². The lowest BCUT2D eigenvalue weighted by Crippen LogP contribution is -2.10. The van der Waals surface area contributed by atoms with Gasteiger partial charge in [-0.15, -0.1) is 0 Å². The van der Waals surface area contributed by atoms with Gasteiger partial charge in [-0.05, 0) is 6.07 Å². The third kappa shape index (κ3) is 2.59. The molecule has 9 heteroatoms. The molecule has 19 heavy (non-hydrogen) atoms. The highest BCUT2D eigenvalue weighted by Crippen LogP contribution is 2.28. The largest absolute Gasteiger partial charge is 0.367 e. The second-order valence-electron chi connectivity index (χ2n) is 3.73. The van der Waals surface area contributed by atoms with E-state index in [1.54, 1.807) is 25.0 Å². The van der Waals surface area contributed by atoms with Crippen LogP contribution < -0.4 is 10.6 Å². The quantitative estimate of drug-likeness (QED) is 0.605. The summed E-state index contributed by atoms with van der Waals surface area (Å²) in [5, 5.41) is 20.7. The molecule has 2 aromatic heterocycles. The van der Waals surface area contributed by atoms with Gasteiger partial charge in [0.15, 0.2) is 0 Å². The van der Waals surface area contributed by atoms with E-state index < -0.39 is 4.92 Å². The van der Waals surface area contributed by atoms with Gasteiger partial charge in [0, 0.05) is 20.3 Å². The predicted molar refractivity (Wildman–Crippen MR) is 68.8 cm³/mol. The highest BCUT2D eigenvalue weighted by molar-refractivity contribution is 5.68. The number of hydrogen-bond acceptors (Lipinski definition) is 7. The molecule has 2 N–H and O–H groups in total. The Hall–Kier alpha value is -2.71. The van der Waals surface area contributed by atoms with Crippen LogP contribution in [0.25, 0.3) is 0 Å². The summed E-state index contributed by atoms with van der Waals surface area (Å²) in [7, 11) is 3.37. The SMILES string of the molecule is CNc1ncnc(NCc2ccnn2C)c1[N+](=O)[O-]. The Labute approximate surface area is 108 Å². The van der Waals surface area contributed by atoms with Gasteiger partial charge < -0.3 is 10.6 Å². The number of hydrogen-bond donors (Lipinski definition) is 2. The molecule has 100 valence electrons. The van der Waals surface area contributed by atoms with Crippen LogP contribution in [-0.2, 0) is 13.6 Å². The molecular formula is C10H13N7O2. The van der Waals surface area contributed by atoms with Crippen LogP contribution in [0.15, 0.2) is 18.6 Å². The minimum Gasteiger partial charge on any atom is -0.367 e. The van der Waals surface area contributed by atoms with Gasteiger partial charge in [0.05, 0.1) is 17.2 Å². The minimum absolute atomic E-state index is 0.172. The van der Waals surface area contributed by atoms with Crippen molar-refractivity contribution in [3.63, 3.8) is 0 Å². The van der Waals surface area contributed by atoms with Crippen LogP contribution in [0.5, 0.6) is 0 Å². The van der Waals surface area contributed by atoms with Crippen LogP contribution in [0.4, 0.5) is 17.3 Å². The molecule has 2 heterocycles. The van der Waals surface area contributed by atoms with Crippen LogP contribution in [0.3, 0.4) is 0 Å². The summed E-state index contributed by atoms with van der Waals surface area (Å²) in [6.07, 6.45) is 2.93. The molecular weight excluding hydrogens is 250 g/mol. The first-order chi connectivity index (χ1) is 9.13. The molecule has 0 atom stereocenters. The number of anilines is 2. The van der Waals surface area contributed by atoms with Crippen molar-refractivity contribution in [2.24, 2.45) is 7.05 Å². The zero-order valence-corrected chi connectivity index (χ0v) is 10.5. The molecule has 2 rings (SSSR count). The fraction of sp³-hybridized carbons (Fsp3) is 0.300. The standard InChI is InChI=1S/C10H13N7O2/c1-11-9-8(17(18)19)10(14-6-13-9)12-5-7-3-4-15-16(7)2/h3-4,6H,5H2,1-2H3,(H2,11,12,13,14). The smallest absolute Gasteiger partial charge is 0.353 e. The second-order valence-corrected chi connectivity index (χ2v) is 3.73. The fourth-order valence-corrected chi connectivity index (χ4v) is 1.61. The molecule has 0 aliphatic heterocycles. The summed E-state index contributed by atoms with van der Waals surface area (Å²) in [5.41, 5.74) is 0.714. The van der Waals surface area contributed by atoms with E-state index in [4.69, 9.17) is 0 Å². The molecule has 0 aliphatic carbocycles. The average molecular weight is 263 g/mol. The fourth-order valence-electron chi connectivity index (χ4n) is 1.61. The molecule has 0 aromatic carbocycles. The maximum atomic E-state index is 11.1. The number of nitrogens with one attached hydrogen (secondary N) is 2. The van der Waals surface area contributed by atoms with Crippen LogP contribution in [0.1, 0.15) is 5.69 Å². The summed E-state index contributed by atoms with van der Waals surface area (Å²) < 4.78 is 1.68. The highest BCUT2D eigenvalue weighted by Gasteiger charge is 2.21. The Morgan fingerprint density at radius 1 is 1.42 bits per heavy atom. The van der Waals surface area contributed by atoms with Gasteiger partial charge in [0.1, 0.15) is 6.33 Å². The first-order valence-electron chi connectivity index (χ1n) is 5.51. The van der Waals surface area contributed by atoms with E-state index >= 15 is 0 Å². The first-order valence-corrected chi connectivity index (χ1v) is 5.51. The summed E-state index contributed by atoms with van der Waals surface area (Å²) in [5.74, 6) is 0.345. The first kappa shape index (κ1) is 12.7. The van der Waals surface area contributed by atoms with Crippen molar-refractivity contribution in [2.45, 2.75) is 6.54 Å². The van der Waals surface area contributed by atoms with E-state index in [0.717, 1.165) is 5.69 Å². The molecule has 0 radical (unpaired) electrons. The summed E-state index contributed by atoms with van der Waals surface area (Å²) in [4.78, 5) is 18.3. The van der Waals surface area contributed by atoms with Gasteiger partial charge in [-0.2, -0.15) is 5.10 Å². The van der Waals surface area contributed by atoms with Crippen molar-refractivity contribution < 1.29 is 4.92 Å². The van der Waals surface area contributed by atoms with Gasteiger partial charge in [-0.25, -0.2) is 9.97 Å². The lowest BCUT2D eigenvalue weighted by Gasteiger charge is -2.08. The van der Waals surface area contributed by atoms with Crippen molar-refractivity contribution >= 4 is 17.3 Å². The van der Waals surface area contributed by atoms with Crippen molar-refractivity contribution in [3.8, 4) is 0 Å². The lowest BCUT2D eigenvalue weighted by atomic mass is 10.4. The molecule has 0 aliphatic rings. The Morgan fingerprint density at radius 3 is 2.74 bits per heavy atom. The topological polar surface area (TPSA) is 111 Å². The number of aromatic nitrogens is 4. The summed E-state index contributed by atoms with van der Waals surface area (Å²) in [6, 6.07) is 1.82. The maximum Gasteiger partial charge on any atom is 0.353 e. The third-order valence-corrected chi connectivity index (χ3v) is 2.60. The van der Waals surface area contributed by atoms with E-state index in [2.05, 4.69) is 25.7 Å². The average Bonchev–Trinajstić information content (AvgIpc) is 2.81. The molecule has 0 saturated carbocycles. The van der Waals surface area contributed by atoms with Crippen molar-refractivity contribution in [1.82, 2.24) is 19.7 Å². The van der Waals surface area contributed by atoms with E-state index in [-0.39, 0.29) is 17.3 Å². The normalized spacial score (nSPS) is 10.2. The molecule has 0 unspecified atom stereocenters. The monoisotopic (exact) mass is 263 g/mol.